The third kappa shape index (κ3) is 3.55. The van der Waals surface area contributed by atoms with Gasteiger partial charge in [-0.05, 0) is 43.7 Å². The number of rotatable bonds is 4. The van der Waals surface area contributed by atoms with E-state index >= 15 is 0 Å². The fourth-order valence-corrected chi connectivity index (χ4v) is 3.91. The number of carbonyl (C=O) groups excluding carboxylic acids is 1. The van der Waals surface area contributed by atoms with E-state index in [-0.39, 0.29) is 5.91 Å². The summed E-state index contributed by atoms with van der Waals surface area (Å²) in [4.78, 5) is 17.8. The third-order valence-electron chi connectivity index (χ3n) is 5.34. The summed E-state index contributed by atoms with van der Waals surface area (Å²) >= 11 is 6.30. The zero-order valence-corrected chi connectivity index (χ0v) is 18.2. The summed E-state index contributed by atoms with van der Waals surface area (Å²) in [6.45, 7) is 3.74. The van der Waals surface area contributed by atoms with Crippen LogP contribution in [0.3, 0.4) is 0 Å². The van der Waals surface area contributed by atoms with E-state index in [2.05, 4.69) is 10.5 Å². The van der Waals surface area contributed by atoms with Gasteiger partial charge in [-0.3, -0.25) is 4.79 Å². The number of aryl methyl sites for hydroxylation is 2. The van der Waals surface area contributed by atoms with Crippen LogP contribution in [-0.4, -0.2) is 20.4 Å². The summed E-state index contributed by atoms with van der Waals surface area (Å²) in [5, 5.41) is 7.48. The molecule has 158 valence electrons. The zero-order valence-electron chi connectivity index (χ0n) is 17.5. The first-order valence-electron chi connectivity index (χ1n) is 10.1. The van der Waals surface area contributed by atoms with E-state index < -0.39 is 0 Å². The van der Waals surface area contributed by atoms with Gasteiger partial charge in [0, 0.05) is 29.2 Å². The lowest BCUT2D eigenvalue weighted by molar-refractivity contribution is 0.102. The molecule has 32 heavy (non-hydrogen) atoms. The van der Waals surface area contributed by atoms with E-state index in [1.165, 1.54) is 0 Å². The Balaban J connectivity index is 1.41. The smallest absolute Gasteiger partial charge is 0.261 e. The van der Waals surface area contributed by atoms with Crippen LogP contribution in [0.2, 0.25) is 5.02 Å². The van der Waals surface area contributed by atoms with Crippen molar-refractivity contribution in [1.29, 1.82) is 0 Å². The van der Waals surface area contributed by atoms with Crippen LogP contribution in [0.15, 0.2) is 77.6 Å². The van der Waals surface area contributed by atoms with Crippen LogP contribution in [0.4, 0.5) is 5.69 Å². The summed E-state index contributed by atoms with van der Waals surface area (Å²) in [5.41, 5.74) is 5.95. The quantitative estimate of drug-likeness (QED) is 0.360. The molecule has 0 fully saturated rings. The van der Waals surface area contributed by atoms with Crippen LogP contribution in [-0.2, 0) is 0 Å². The highest BCUT2D eigenvalue weighted by atomic mass is 35.5. The first-order valence-corrected chi connectivity index (χ1v) is 10.5. The second-order valence-electron chi connectivity index (χ2n) is 7.52. The Bertz CT molecular complexity index is 1450. The number of benzene rings is 2. The van der Waals surface area contributed by atoms with Crippen molar-refractivity contribution in [3.63, 3.8) is 0 Å². The Morgan fingerprint density at radius 2 is 1.81 bits per heavy atom. The molecule has 0 unspecified atom stereocenters. The van der Waals surface area contributed by atoms with Crippen LogP contribution in [0.1, 0.15) is 21.7 Å². The molecule has 0 aliphatic carbocycles. The zero-order chi connectivity index (χ0) is 22.2. The van der Waals surface area contributed by atoms with Gasteiger partial charge in [0.15, 0.2) is 0 Å². The molecule has 0 aliphatic heterocycles. The van der Waals surface area contributed by atoms with Crippen LogP contribution in [0.25, 0.3) is 28.2 Å². The number of aromatic nitrogens is 3. The molecular formula is C25H19ClN4O2. The highest BCUT2D eigenvalue weighted by molar-refractivity contribution is 6.33. The Labute approximate surface area is 189 Å². The molecule has 7 heteroatoms. The number of nitrogens with one attached hydrogen (secondary N) is 1. The number of fused-ring (bicyclic) bond motifs is 1. The minimum atomic E-state index is -0.310. The number of halogens is 1. The molecule has 0 atom stereocenters. The van der Waals surface area contributed by atoms with E-state index in [1.54, 1.807) is 13.0 Å². The number of anilines is 1. The molecule has 0 saturated heterocycles. The third-order valence-corrected chi connectivity index (χ3v) is 5.66. The van der Waals surface area contributed by atoms with E-state index in [0.717, 1.165) is 22.5 Å². The predicted molar refractivity (Wildman–Crippen MR) is 125 cm³/mol. The first kappa shape index (κ1) is 20.0. The minimum absolute atomic E-state index is 0.310. The van der Waals surface area contributed by atoms with Gasteiger partial charge in [0.1, 0.15) is 22.7 Å². The number of nitrogens with zero attached hydrogens (tertiary/aromatic N) is 3. The van der Waals surface area contributed by atoms with Gasteiger partial charge in [0.05, 0.1) is 10.7 Å². The average Bonchev–Trinajstić information content (AvgIpc) is 3.39. The summed E-state index contributed by atoms with van der Waals surface area (Å²) in [5.74, 6) is 0.115. The van der Waals surface area contributed by atoms with E-state index in [9.17, 15) is 4.79 Å². The fraction of sp³-hybridized carbons (Fsp3) is 0.0800. The monoisotopic (exact) mass is 442 g/mol. The standard InChI is InChI=1S/C25H19ClN4O2/c1-15-6-5-13-30-14-21(28-24(15)30)17-9-11-18(12-10-17)27-25(31)22-16(2)32-29-23(22)19-7-3-4-8-20(19)26/h3-14H,1-2H3,(H,27,31). The number of imidazole rings is 1. The second-order valence-corrected chi connectivity index (χ2v) is 7.93. The molecule has 1 N–H and O–H groups in total. The number of hydrogen-bond donors (Lipinski definition) is 1. The van der Waals surface area contributed by atoms with Crippen molar-refractivity contribution in [1.82, 2.24) is 14.5 Å². The molecular weight excluding hydrogens is 424 g/mol. The summed E-state index contributed by atoms with van der Waals surface area (Å²) < 4.78 is 7.30. The van der Waals surface area contributed by atoms with Crippen molar-refractivity contribution < 1.29 is 9.32 Å². The molecule has 0 aliphatic rings. The first-order chi connectivity index (χ1) is 15.5. The molecule has 5 rings (SSSR count). The molecule has 3 heterocycles. The van der Waals surface area contributed by atoms with Crippen molar-refractivity contribution in [3.8, 4) is 22.5 Å². The maximum atomic E-state index is 13.0. The minimum Gasteiger partial charge on any atom is -0.360 e. The highest BCUT2D eigenvalue weighted by Gasteiger charge is 2.23. The molecule has 0 radical (unpaired) electrons. The Morgan fingerprint density at radius 3 is 2.56 bits per heavy atom. The van der Waals surface area contributed by atoms with Gasteiger partial charge in [-0.15, -0.1) is 0 Å². The number of carbonyl (C=O) groups is 1. The van der Waals surface area contributed by atoms with Crippen molar-refractivity contribution in [2.75, 3.05) is 5.32 Å². The fourth-order valence-electron chi connectivity index (χ4n) is 3.69. The van der Waals surface area contributed by atoms with Crippen LogP contribution in [0, 0.1) is 13.8 Å². The van der Waals surface area contributed by atoms with Gasteiger partial charge in [-0.2, -0.15) is 0 Å². The van der Waals surface area contributed by atoms with Crippen molar-refractivity contribution in [2.45, 2.75) is 13.8 Å². The van der Waals surface area contributed by atoms with Gasteiger partial charge in [-0.25, -0.2) is 4.98 Å². The molecule has 0 saturated carbocycles. The molecule has 1 amide bonds. The lowest BCUT2D eigenvalue weighted by atomic mass is 10.1. The van der Waals surface area contributed by atoms with Crippen molar-refractivity contribution >= 4 is 28.8 Å². The average molecular weight is 443 g/mol. The van der Waals surface area contributed by atoms with Gasteiger partial charge in [0.2, 0.25) is 0 Å². The van der Waals surface area contributed by atoms with Gasteiger partial charge in [0.25, 0.3) is 5.91 Å². The highest BCUT2D eigenvalue weighted by Crippen LogP contribution is 2.31. The van der Waals surface area contributed by atoms with E-state index in [1.807, 2.05) is 78.3 Å². The van der Waals surface area contributed by atoms with Crippen molar-refractivity contribution in [2.24, 2.45) is 0 Å². The molecule has 6 nitrogen and oxygen atoms in total. The predicted octanol–water partition coefficient (Wildman–Crippen LogP) is 6.18. The lowest BCUT2D eigenvalue weighted by Crippen LogP contribution is -2.13. The van der Waals surface area contributed by atoms with E-state index in [0.29, 0.717) is 33.3 Å². The Morgan fingerprint density at radius 1 is 1.03 bits per heavy atom. The SMILES string of the molecule is Cc1onc(-c2ccccc2Cl)c1C(=O)Nc1ccc(-c2cn3cccc(C)c3n2)cc1. The Kier molecular flexibility index (Phi) is 4.99. The van der Waals surface area contributed by atoms with Crippen LogP contribution < -0.4 is 5.32 Å². The van der Waals surface area contributed by atoms with Crippen LogP contribution in [0.5, 0.6) is 0 Å². The van der Waals surface area contributed by atoms with Crippen LogP contribution >= 0.6 is 11.6 Å². The topological polar surface area (TPSA) is 72.4 Å². The molecule has 0 bridgehead atoms. The maximum Gasteiger partial charge on any atom is 0.261 e. The van der Waals surface area contributed by atoms with E-state index in [4.69, 9.17) is 21.1 Å². The summed E-state index contributed by atoms with van der Waals surface area (Å²) in [7, 11) is 0. The molecule has 3 aromatic heterocycles. The van der Waals surface area contributed by atoms with Gasteiger partial charge >= 0.3 is 0 Å². The number of amides is 1. The maximum absolute atomic E-state index is 13.0. The normalized spacial score (nSPS) is 11.1. The number of pyridine rings is 1. The van der Waals surface area contributed by atoms with Gasteiger partial charge < -0.3 is 14.2 Å². The summed E-state index contributed by atoms with van der Waals surface area (Å²) in [6, 6.07) is 18.8. The number of hydrogen-bond acceptors (Lipinski definition) is 4. The molecule has 5 aromatic rings. The largest absolute Gasteiger partial charge is 0.360 e. The second kappa shape index (κ2) is 7.98. The molecule has 2 aromatic carbocycles. The summed E-state index contributed by atoms with van der Waals surface area (Å²) in [6.07, 6.45) is 3.97. The molecule has 0 spiro atoms. The van der Waals surface area contributed by atoms with Crippen molar-refractivity contribution in [3.05, 3.63) is 95.0 Å². The lowest BCUT2D eigenvalue weighted by Gasteiger charge is -2.07. The van der Waals surface area contributed by atoms with Gasteiger partial charge in [-0.1, -0.05) is 53.2 Å². The Hall–Kier alpha value is -3.90.